The molecule has 2 aromatic heterocycles. The lowest BCUT2D eigenvalue weighted by atomic mass is 9.86. The Morgan fingerprint density at radius 1 is 1.00 bits per heavy atom. The molecule has 2 unspecified atom stereocenters. The van der Waals surface area contributed by atoms with Crippen molar-refractivity contribution in [3.63, 3.8) is 0 Å². The van der Waals surface area contributed by atoms with E-state index in [0.717, 1.165) is 75.1 Å². The molecule has 0 saturated carbocycles. The Hall–Kier alpha value is -3.44. The summed E-state index contributed by atoms with van der Waals surface area (Å²) in [7, 11) is 2.17. The fourth-order valence-corrected chi connectivity index (χ4v) is 8.08. The van der Waals surface area contributed by atoms with Crippen LogP contribution in [0.4, 0.5) is 10.6 Å². The van der Waals surface area contributed by atoms with Crippen molar-refractivity contribution in [1.82, 2.24) is 29.5 Å². The molecule has 0 radical (unpaired) electrons. The SMILES string of the molecule is Cc1ccc2c(cnn2C2CCCCO2)c1C1CCCc2c(nc(OC[C@@H]3CCCN3C)nc2N2CCN(C(=O)OC(C)(C)C)CC2)C1. The van der Waals surface area contributed by atoms with E-state index in [2.05, 4.69) is 46.8 Å². The number of carbonyl (C=O) groups is 1. The van der Waals surface area contributed by atoms with Gasteiger partial charge in [-0.05, 0) is 122 Å². The quantitative estimate of drug-likeness (QED) is 0.294. The number of rotatable bonds is 6. The molecular weight excluding hydrogens is 606 g/mol. The van der Waals surface area contributed by atoms with E-state index in [1.807, 2.05) is 25.7 Å². The van der Waals surface area contributed by atoms with Crippen LogP contribution in [0.25, 0.3) is 10.9 Å². The average molecular weight is 660 g/mol. The molecule has 260 valence electrons. The molecule has 0 bridgehead atoms. The number of likely N-dealkylation sites (tertiary alicyclic amines) is 1. The minimum absolute atomic E-state index is 0.00590. The molecule has 11 nitrogen and oxygen atoms in total. The summed E-state index contributed by atoms with van der Waals surface area (Å²) in [6.07, 6.45) is 11.3. The Labute approximate surface area is 284 Å². The Kier molecular flexibility index (Phi) is 9.52. The molecule has 3 aromatic rings. The third-order valence-corrected chi connectivity index (χ3v) is 10.7. The zero-order chi connectivity index (χ0) is 33.4. The summed E-state index contributed by atoms with van der Waals surface area (Å²) in [5, 5.41) is 6.11. The molecule has 3 fully saturated rings. The fraction of sp³-hybridized carbons (Fsp3) is 0.676. The van der Waals surface area contributed by atoms with Gasteiger partial charge in [0.2, 0.25) is 0 Å². The number of likely N-dealkylation sites (N-methyl/N-ethyl adjacent to an activating group) is 1. The van der Waals surface area contributed by atoms with Crippen molar-refractivity contribution in [2.24, 2.45) is 0 Å². The van der Waals surface area contributed by atoms with E-state index in [1.54, 1.807) is 0 Å². The van der Waals surface area contributed by atoms with Crippen LogP contribution in [0.3, 0.4) is 0 Å². The molecule has 1 amide bonds. The second-order valence-electron chi connectivity index (χ2n) is 15.2. The molecule has 3 saturated heterocycles. The van der Waals surface area contributed by atoms with Gasteiger partial charge in [0.1, 0.15) is 18.0 Å². The maximum atomic E-state index is 12.8. The van der Waals surface area contributed by atoms with Crippen LogP contribution in [-0.4, -0.2) is 100 Å². The van der Waals surface area contributed by atoms with Gasteiger partial charge in [-0.25, -0.2) is 9.48 Å². The second-order valence-corrected chi connectivity index (χ2v) is 15.2. The molecular formula is C37H53N7O4. The van der Waals surface area contributed by atoms with Crippen molar-refractivity contribution < 1.29 is 19.0 Å². The van der Waals surface area contributed by atoms with Gasteiger partial charge in [-0.15, -0.1) is 0 Å². The first kappa shape index (κ1) is 33.1. The first-order valence-electron chi connectivity index (χ1n) is 18.2. The van der Waals surface area contributed by atoms with Gasteiger partial charge in [0.15, 0.2) is 6.23 Å². The Morgan fingerprint density at radius 3 is 2.56 bits per heavy atom. The lowest BCUT2D eigenvalue weighted by Crippen LogP contribution is -2.50. The van der Waals surface area contributed by atoms with Crippen LogP contribution >= 0.6 is 0 Å². The monoisotopic (exact) mass is 659 g/mol. The predicted molar refractivity (Wildman–Crippen MR) is 186 cm³/mol. The van der Waals surface area contributed by atoms with Crippen LogP contribution in [0.5, 0.6) is 6.01 Å². The summed E-state index contributed by atoms with van der Waals surface area (Å²) >= 11 is 0. The van der Waals surface area contributed by atoms with E-state index in [1.165, 1.54) is 34.9 Å². The van der Waals surface area contributed by atoms with Crippen molar-refractivity contribution in [3.05, 3.63) is 40.7 Å². The molecule has 1 aliphatic carbocycles. The van der Waals surface area contributed by atoms with E-state index in [9.17, 15) is 4.79 Å². The Bertz CT molecular complexity index is 1600. The Morgan fingerprint density at radius 2 is 1.83 bits per heavy atom. The molecule has 5 heterocycles. The number of hydrogen-bond acceptors (Lipinski definition) is 9. The average Bonchev–Trinajstić information content (AvgIpc) is 3.62. The van der Waals surface area contributed by atoms with Crippen LogP contribution in [0.15, 0.2) is 18.3 Å². The molecule has 3 atom stereocenters. The van der Waals surface area contributed by atoms with E-state index < -0.39 is 5.60 Å². The van der Waals surface area contributed by atoms with E-state index in [0.29, 0.717) is 50.8 Å². The highest BCUT2D eigenvalue weighted by Gasteiger charge is 2.32. The van der Waals surface area contributed by atoms with Crippen LogP contribution in [0.2, 0.25) is 0 Å². The summed E-state index contributed by atoms with van der Waals surface area (Å²) in [4.78, 5) is 29.6. The minimum Gasteiger partial charge on any atom is -0.462 e. The number of fused-ring (bicyclic) bond motifs is 2. The van der Waals surface area contributed by atoms with Gasteiger partial charge in [0.05, 0.1) is 17.4 Å². The van der Waals surface area contributed by atoms with Gasteiger partial charge in [0.25, 0.3) is 0 Å². The molecule has 0 spiro atoms. The van der Waals surface area contributed by atoms with Crippen LogP contribution in [0, 0.1) is 6.92 Å². The van der Waals surface area contributed by atoms with Crippen molar-refractivity contribution in [2.45, 2.75) is 109 Å². The van der Waals surface area contributed by atoms with Crippen LogP contribution in [-0.2, 0) is 22.3 Å². The second kappa shape index (κ2) is 13.8. The zero-order valence-electron chi connectivity index (χ0n) is 29.5. The number of aryl methyl sites for hydroxylation is 1. The van der Waals surface area contributed by atoms with E-state index in [4.69, 9.17) is 29.3 Å². The van der Waals surface area contributed by atoms with Gasteiger partial charge < -0.3 is 28.9 Å². The number of carbonyl (C=O) groups excluding carboxylic acids is 1. The highest BCUT2D eigenvalue weighted by atomic mass is 16.6. The molecule has 1 aromatic carbocycles. The van der Waals surface area contributed by atoms with E-state index in [-0.39, 0.29) is 12.3 Å². The van der Waals surface area contributed by atoms with Crippen LogP contribution in [0.1, 0.15) is 100 Å². The Balaban J connectivity index is 1.18. The van der Waals surface area contributed by atoms with Crippen molar-refractivity contribution >= 4 is 22.8 Å². The molecule has 4 aliphatic rings. The molecule has 48 heavy (non-hydrogen) atoms. The summed E-state index contributed by atoms with van der Waals surface area (Å²) in [6.45, 7) is 13.0. The number of aromatic nitrogens is 4. The first-order valence-corrected chi connectivity index (χ1v) is 18.2. The summed E-state index contributed by atoms with van der Waals surface area (Å²) in [5.41, 5.74) is 5.63. The number of anilines is 1. The standard InChI is InChI=1S/C37H53N7O4/c1-25-14-15-31-29(23-38-44(31)32-13-6-7-21-46-32)33(25)26-10-8-12-28-30(22-26)39-35(47-24-27-11-9-16-41(27)5)40-34(28)42-17-19-43(20-18-42)36(45)48-37(2,3)4/h14-15,23,26-27,32H,6-13,16-22,24H2,1-5H3/t26?,27-,32?/m0/s1. The predicted octanol–water partition coefficient (Wildman–Crippen LogP) is 6.03. The van der Waals surface area contributed by atoms with Crippen LogP contribution < -0.4 is 9.64 Å². The normalized spacial score (nSPS) is 24.1. The van der Waals surface area contributed by atoms with Gasteiger partial charge in [-0.3, -0.25) is 0 Å². The fourth-order valence-electron chi connectivity index (χ4n) is 8.08. The maximum absolute atomic E-state index is 12.8. The number of amides is 1. The number of hydrogen-bond donors (Lipinski definition) is 0. The number of nitrogens with zero attached hydrogens (tertiary/aromatic N) is 7. The highest BCUT2D eigenvalue weighted by Crippen LogP contribution is 2.40. The van der Waals surface area contributed by atoms with Crippen molar-refractivity contribution in [1.29, 1.82) is 0 Å². The first-order chi connectivity index (χ1) is 23.1. The molecule has 3 aliphatic heterocycles. The largest absolute Gasteiger partial charge is 0.462 e. The summed E-state index contributed by atoms with van der Waals surface area (Å²) < 4.78 is 20.3. The lowest BCUT2D eigenvalue weighted by Gasteiger charge is -2.37. The topological polar surface area (TPSA) is 98.1 Å². The lowest BCUT2D eigenvalue weighted by molar-refractivity contribution is -0.0366. The van der Waals surface area contributed by atoms with E-state index >= 15 is 0 Å². The summed E-state index contributed by atoms with van der Waals surface area (Å²) in [6, 6.07) is 5.32. The smallest absolute Gasteiger partial charge is 0.410 e. The van der Waals surface area contributed by atoms with Gasteiger partial charge in [-0.2, -0.15) is 15.1 Å². The third-order valence-electron chi connectivity index (χ3n) is 10.7. The maximum Gasteiger partial charge on any atom is 0.410 e. The number of ether oxygens (including phenoxy) is 3. The minimum atomic E-state index is -0.515. The summed E-state index contributed by atoms with van der Waals surface area (Å²) in [5.74, 6) is 1.27. The molecule has 0 N–H and O–H groups in total. The highest BCUT2D eigenvalue weighted by molar-refractivity contribution is 5.84. The van der Waals surface area contributed by atoms with Gasteiger partial charge >= 0.3 is 12.1 Å². The van der Waals surface area contributed by atoms with Gasteiger partial charge in [0, 0.05) is 49.8 Å². The van der Waals surface area contributed by atoms with Crippen molar-refractivity contribution in [2.75, 3.05) is 57.9 Å². The third kappa shape index (κ3) is 6.99. The molecule has 11 heteroatoms. The molecule has 7 rings (SSSR count). The van der Waals surface area contributed by atoms with Crippen molar-refractivity contribution in [3.8, 4) is 6.01 Å². The zero-order valence-corrected chi connectivity index (χ0v) is 29.5. The number of piperazine rings is 1. The number of benzene rings is 1. The van der Waals surface area contributed by atoms with Gasteiger partial charge in [-0.1, -0.05) is 6.07 Å².